The van der Waals surface area contributed by atoms with Gasteiger partial charge in [0.15, 0.2) is 0 Å². The molecule has 0 bridgehead atoms. The normalized spacial score (nSPS) is 22.3. The van der Waals surface area contributed by atoms with E-state index in [0.717, 1.165) is 0 Å². The maximum atomic E-state index is 12.1. The van der Waals surface area contributed by atoms with Gasteiger partial charge >= 0.3 is 16.3 Å². The molecule has 0 aromatic heterocycles. The second-order valence-corrected chi connectivity index (χ2v) is 7.58. The monoisotopic (exact) mass is 319 g/mol. The Morgan fingerprint density at radius 3 is 2.48 bits per heavy atom. The molecular formula is C12H21N3O5S. The van der Waals surface area contributed by atoms with Crippen LogP contribution in [0.25, 0.3) is 0 Å². The highest BCUT2D eigenvalue weighted by molar-refractivity contribution is 7.87. The fourth-order valence-corrected chi connectivity index (χ4v) is 3.77. The molecule has 2 amide bonds. The Morgan fingerprint density at radius 1 is 1.38 bits per heavy atom. The molecule has 8 nitrogen and oxygen atoms in total. The summed E-state index contributed by atoms with van der Waals surface area (Å²) < 4.78 is 32.1. The highest BCUT2D eigenvalue weighted by atomic mass is 32.2. The molecule has 2 rings (SSSR count). The molecule has 0 aliphatic carbocycles. The van der Waals surface area contributed by atoms with Crippen LogP contribution in [-0.4, -0.2) is 50.5 Å². The molecule has 2 N–H and O–H groups in total. The van der Waals surface area contributed by atoms with E-state index in [9.17, 15) is 18.0 Å². The van der Waals surface area contributed by atoms with Crippen LogP contribution in [0.4, 0.5) is 4.79 Å². The lowest BCUT2D eigenvalue weighted by molar-refractivity contribution is -0.119. The van der Waals surface area contributed by atoms with E-state index in [1.807, 2.05) is 4.72 Å². The van der Waals surface area contributed by atoms with Crippen LogP contribution in [0.3, 0.4) is 0 Å². The van der Waals surface area contributed by atoms with Crippen molar-refractivity contribution in [3.8, 4) is 0 Å². The van der Waals surface area contributed by atoms with E-state index in [1.54, 1.807) is 13.8 Å². The Hall–Kier alpha value is -1.35. The molecular weight excluding hydrogens is 298 g/mol. The van der Waals surface area contributed by atoms with Crippen molar-refractivity contribution in [2.45, 2.75) is 39.2 Å². The maximum absolute atomic E-state index is 12.1. The van der Waals surface area contributed by atoms with E-state index in [1.165, 1.54) is 4.31 Å². The number of hydrogen-bond acceptors (Lipinski definition) is 5. The summed E-state index contributed by atoms with van der Waals surface area (Å²) >= 11 is 0. The average Bonchev–Trinajstić information content (AvgIpc) is 2.69. The Bertz CT molecular complexity index is 523. The largest absolute Gasteiger partial charge is 0.446 e. The topological polar surface area (TPSA) is 105 Å². The maximum Gasteiger partial charge on any atom is 0.422 e. The van der Waals surface area contributed by atoms with Gasteiger partial charge in [0, 0.05) is 26.1 Å². The fraction of sp³-hybridized carbons (Fsp3) is 0.833. The first-order valence-corrected chi connectivity index (χ1v) is 8.42. The predicted octanol–water partition coefficient (Wildman–Crippen LogP) is -0.0321. The first-order chi connectivity index (χ1) is 9.72. The second kappa shape index (κ2) is 5.80. The Labute approximate surface area is 124 Å². The lowest BCUT2D eigenvalue weighted by Crippen LogP contribution is -2.49. The molecule has 0 atom stereocenters. The second-order valence-electron chi connectivity index (χ2n) is 5.91. The van der Waals surface area contributed by atoms with Gasteiger partial charge in [-0.2, -0.15) is 12.7 Å². The summed E-state index contributed by atoms with van der Waals surface area (Å²) in [6.45, 7) is 4.46. The van der Waals surface area contributed by atoms with Gasteiger partial charge in [0.25, 0.3) is 0 Å². The molecule has 0 saturated carbocycles. The van der Waals surface area contributed by atoms with Crippen molar-refractivity contribution < 1.29 is 22.7 Å². The molecule has 2 aliphatic rings. The minimum Gasteiger partial charge on any atom is -0.446 e. The van der Waals surface area contributed by atoms with Crippen LogP contribution in [0.5, 0.6) is 0 Å². The van der Waals surface area contributed by atoms with E-state index < -0.39 is 16.3 Å². The van der Waals surface area contributed by atoms with Gasteiger partial charge in [-0.3, -0.25) is 4.79 Å². The molecule has 2 aliphatic heterocycles. The summed E-state index contributed by atoms with van der Waals surface area (Å²) in [6.07, 6.45) is 0.296. The van der Waals surface area contributed by atoms with Crippen molar-refractivity contribution in [2.24, 2.45) is 5.41 Å². The number of nitrogens with zero attached hydrogens (tertiary/aromatic N) is 1. The fourth-order valence-electron chi connectivity index (χ4n) is 2.71. The number of rotatable bonds is 3. The number of nitrogens with one attached hydrogen (secondary N) is 2. The highest BCUT2D eigenvalue weighted by Gasteiger charge is 2.43. The average molecular weight is 319 g/mol. The number of amides is 2. The summed E-state index contributed by atoms with van der Waals surface area (Å²) in [5, 5.41) is 2.79. The Morgan fingerprint density at radius 2 is 2.00 bits per heavy atom. The molecule has 21 heavy (non-hydrogen) atoms. The summed E-state index contributed by atoms with van der Waals surface area (Å²) in [7, 11) is -3.88. The number of ether oxygens (including phenoxy) is 1. The lowest BCUT2D eigenvalue weighted by atomic mass is 9.78. The summed E-state index contributed by atoms with van der Waals surface area (Å²) in [5.74, 6) is 0.0185. The lowest BCUT2D eigenvalue weighted by Gasteiger charge is -2.37. The third kappa shape index (κ3) is 3.85. The number of piperidine rings is 1. The van der Waals surface area contributed by atoms with Gasteiger partial charge < -0.3 is 10.1 Å². The zero-order chi connectivity index (χ0) is 15.7. The molecule has 2 fully saturated rings. The molecule has 0 radical (unpaired) electrons. The van der Waals surface area contributed by atoms with Crippen LogP contribution in [-0.2, 0) is 19.7 Å². The SMILES string of the molecule is CC(C)OC(=O)NS(=O)(=O)N1CCC2(CC1)CNC(=O)C2. The van der Waals surface area contributed by atoms with Gasteiger partial charge in [-0.05, 0) is 32.1 Å². The molecule has 2 heterocycles. The van der Waals surface area contributed by atoms with Crippen molar-refractivity contribution >= 4 is 22.2 Å². The van der Waals surface area contributed by atoms with Gasteiger partial charge in [0.05, 0.1) is 6.10 Å². The van der Waals surface area contributed by atoms with Crippen LogP contribution in [0.1, 0.15) is 33.1 Å². The molecule has 1 spiro atoms. The van der Waals surface area contributed by atoms with Crippen LogP contribution in [0.2, 0.25) is 0 Å². The molecule has 0 unspecified atom stereocenters. The minimum atomic E-state index is -3.88. The van der Waals surface area contributed by atoms with Gasteiger partial charge in [-0.15, -0.1) is 0 Å². The van der Waals surface area contributed by atoms with Crippen molar-refractivity contribution in [3.63, 3.8) is 0 Å². The van der Waals surface area contributed by atoms with Crippen molar-refractivity contribution in [2.75, 3.05) is 19.6 Å². The number of hydrogen-bond donors (Lipinski definition) is 2. The quantitative estimate of drug-likeness (QED) is 0.760. The van der Waals surface area contributed by atoms with Gasteiger partial charge in [-0.25, -0.2) is 9.52 Å². The summed E-state index contributed by atoms with van der Waals surface area (Å²) in [6, 6.07) is 0. The molecule has 9 heteroatoms. The molecule has 0 aromatic carbocycles. The van der Waals surface area contributed by atoms with Gasteiger partial charge in [0.2, 0.25) is 5.91 Å². The van der Waals surface area contributed by atoms with E-state index in [0.29, 0.717) is 38.9 Å². The highest BCUT2D eigenvalue weighted by Crippen LogP contribution is 2.37. The first kappa shape index (κ1) is 16.0. The molecule has 120 valence electrons. The molecule has 0 aromatic rings. The van der Waals surface area contributed by atoms with Crippen LogP contribution in [0, 0.1) is 5.41 Å². The smallest absolute Gasteiger partial charge is 0.422 e. The van der Waals surface area contributed by atoms with E-state index in [-0.39, 0.29) is 17.4 Å². The first-order valence-electron chi connectivity index (χ1n) is 6.98. The number of carbonyl (C=O) groups excluding carboxylic acids is 2. The zero-order valence-corrected chi connectivity index (χ0v) is 13.0. The molecule has 2 saturated heterocycles. The summed E-state index contributed by atoms with van der Waals surface area (Å²) in [5.41, 5.74) is -0.137. The third-order valence-corrected chi connectivity index (χ3v) is 5.34. The zero-order valence-electron chi connectivity index (χ0n) is 12.2. The van der Waals surface area contributed by atoms with E-state index in [4.69, 9.17) is 4.74 Å². The third-order valence-electron chi connectivity index (χ3n) is 3.87. The summed E-state index contributed by atoms with van der Waals surface area (Å²) in [4.78, 5) is 22.7. The van der Waals surface area contributed by atoms with Crippen molar-refractivity contribution in [1.82, 2.24) is 14.3 Å². The van der Waals surface area contributed by atoms with Gasteiger partial charge in [-0.1, -0.05) is 0 Å². The number of carbonyl (C=O) groups is 2. The Kier molecular flexibility index (Phi) is 4.43. The van der Waals surface area contributed by atoms with E-state index >= 15 is 0 Å². The standard InChI is InChI=1S/C12H21N3O5S/c1-9(2)20-11(17)14-21(18,19)15-5-3-12(4-6-15)7-10(16)13-8-12/h9H,3-8H2,1-2H3,(H,13,16)(H,14,17). The van der Waals surface area contributed by atoms with Crippen molar-refractivity contribution in [1.29, 1.82) is 0 Å². The van der Waals surface area contributed by atoms with Crippen molar-refractivity contribution in [3.05, 3.63) is 0 Å². The van der Waals surface area contributed by atoms with Crippen LogP contribution >= 0.6 is 0 Å². The Balaban J connectivity index is 1.91. The minimum absolute atomic E-state index is 0.0185. The predicted molar refractivity (Wildman–Crippen MR) is 74.5 cm³/mol. The van der Waals surface area contributed by atoms with E-state index in [2.05, 4.69) is 5.32 Å². The van der Waals surface area contributed by atoms with Crippen LogP contribution in [0.15, 0.2) is 0 Å². The van der Waals surface area contributed by atoms with Crippen LogP contribution < -0.4 is 10.0 Å². The van der Waals surface area contributed by atoms with Gasteiger partial charge in [0.1, 0.15) is 0 Å².